The molecule has 0 aliphatic carbocycles. The molecule has 0 saturated heterocycles. The molecule has 0 aliphatic heterocycles. The molecule has 0 aliphatic rings. The predicted octanol–water partition coefficient (Wildman–Crippen LogP) is 4.57. The van der Waals surface area contributed by atoms with E-state index >= 15 is 0 Å². The molecule has 15 heavy (non-hydrogen) atoms. The van der Waals surface area contributed by atoms with E-state index in [2.05, 4.69) is 22.5 Å². The Morgan fingerprint density at radius 3 is 2.73 bits per heavy atom. The highest BCUT2D eigenvalue weighted by atomic mass is 79.9. The summed E-state index contributed by atoms with van der Waals surface area (Å²) in [6.07, 6.45) is 6.60. The first-order chi connectivity index (χ1) is 7.34. The van der Waals surface area contributed by atoms with Crippen LogP contribution < -0.4 is 4.74 Å². The molecule has 1 aromatic carbocycles. The maximum absolute atomic E-state index is 5.64. The Kier molecular flexibility index (Phi) is 6.17. The summed E-state index contributed by atoms with van der Waals surface area (Å²) in [6.45, 7) is 4.49. The first-order valence-corrected chi connectivity index (χ1v) is 6.12. The lowest BCUT2D eigenvalue weighted by atomic mass is 10.2. The molecule has 0 saturated carbocycles. The van der Waals surface area contributed by atoms with Gasteiger partial charge in [-0.1, -0.05) is 18.2 Å². The Hall–Kier alpha value is -0.760. The van der Waals surface area contributed by atoms with E-state index in [4.69, 9.17) is 4.74 Å². The van der Waals surface area contributed by atoms with Crippen LogP contribution in [0, 0.1) is 0 Å². The van der Waals surface area contributed by atoms with Gasteiger partial charge in [-0.05, 0) is 53.7 Å². The third-order valence-corrected chi connectivity index (χ3v) is 2.80. The molecule has 0 N–H and O–H groups in total. The van der Waals surface area contributed by atoms with Gasteiger partial charge < -0.3 is 4.74 Å². The van der Waals surface area contributed by atoms with Crippen LogP contribution in [0.2, 0.25) is 0 Å². The SMILES string of the molecule is C=CCCCCCOc1ccccc1Br. The standard InChI is InChI=1S/C13H17BrO/c1-2-3-4-5-8-11-15-13-10-7-6-9-12(13)14/h2,6-7,9-10H,1,3-5,8,11H2. The Morgan fingerprint density at radius 1 is 1.20 bits per heavy atom. The van der Waals surface area contributed by atoms with Gasteiger partial charge in [-0.3, -0.25) is 0 Å². The van der Waals surface area contributed by atoms with Gasteiger partial charge in [-0.25, -0.2) is 0 Å². The van der Waals surface area contributed by atoms with Crippen molar-refractivity contribution in [2.24, 2.45) is 0 Å². The molecular formula is C13H17BrO. The summed E-state index contributed by atoms with van der Waals surface area (Å²) in [5.41, 5.74) is 0. The highest BCUT2D eigenvalue weighted by molar-refractivity contribution is 9.10. The first kappa shape index (κ1) is 12.3. The van der Waals surface area contributed by atoms with Crippen molar-refractivity contribution in [2.75, 3.05) is 6.61 Å². The van der Waals surface area contributed by atoms with Gasteiger partial charge in [0, 0.05) is 0 Å². The van der Waals surface area contributed by atoms with Crippen molar-refractivity contribution in [1.29, 1.82) is 0 Å². The van der Waals surface area contributed by atoms with Crippen LogP contribution in [0.5, 0.6) is 5.75 Å². The van der Waals surface area contributed by atoms with Crippen LogP contribution in [-0.4, -0.2) is 6.61 Å². The quantitative estimate of drug-likeness (QED) is 0.520. The van der Waals surface area contributed by atoms with E-state index in [1.165, 1.54) is 12.8 Å². The van der Waals surface area contributed by atoms with Gasteiger partial charge in [0.1, 0.15) is 5.75 Å². The lowest BCUT2D eigenvalue weighted by Crippen LogP contribution is -1.97. The Bertz CT molecular complexity index is 296. The molecule has 0 spiro atoms. The van der Waals surface area contributed by atoms with Crippen molar-refractivity contribution < 1.29 is 4.74 Å². The average molecular weight is 269 g/mol. The number of hydrogen-bond acceptors (Lipinski definition) is 1. The first-order valence-electron chi connectivity index (χ1n) is 5.33. The second-order valence-corrected chi connectivity index (χ2v) is 4.27. The maximum Gasteiger partial charge on any atom is 0.133 e. The highest BCUT2D eigenvalue weighted by Gasteiger charge is 1.97. The predicted molar refractivity (Wildman–Crippen MR) is 68.3 cm³/mol. The van der Waals surface area contributed by atoms with E-state index in [1.807, 2.05) is 30.3 Å². The monoisotopic (exact) mass is 268 g/mol. The number of benzene rings is 1. The van der Waals surface area contributed by atoms with Crippen molar-refractivity contribution in [3.63, 3.8) is 0 Å². The minimum Gasteiger partial charge on any atom is -0.492 e. The number of unbranched alkanes of at least 4 members (excludes halogenated alkanes) is 3. The summed E-state index contributed by atoms with van der Waals surface area (Å²) < 4.78 is 6.67. The molecule has 0 heterocycles. The number of para-hydroxylation sites is 1. The molecule has 0 fully saturated rings. The topological polar surface area (TPSA) is 9.23 Å². The zero-order valence-electron chi connectivity index (χ0n) is 8.92. The van der Waals surface area contributed by atoms with Crippen LogP contribution in [0.25, 0.3) is 0 Å². The van der Waals surface area contributed by atoms with Gasteiger partial charge in [0.2, 0.25) is 0 Å². The molecule has 0 amide bonds. The van der Waals surface area contributed by atoms with Crippen LogP contribution in [0.3, 0.4) is 0 Å². The second-order valence-electron chi connectivity index (χ2n) is 3.42. The zero-order chi connectivity index (χ0) is 10.9. The molecule has 1 nitrogen and oxygen atoms in total. The van der Waals surface area contributed by atoms with E-state index in [0.717, 1.165) is 29.7 Å². The lowest BCUT2D eigenvalue weighted by Gasteiger charge is -2.07. The number of rotatable bonds is 7. The Labute approximate surface area is 100 Å². The van der Waals surface area contributed by atoms with E-state index in [9.17, 15) is 0 Å². The van der Waals surface area contributed by atoms with Crippen LogP contribution >= 0.6 is 15.9 Å². The molecular weight excluding hydrogens is 252 g/mol. The van der Waals surface area contributed by atoms with Crippen LogP contribution in [0.4, 0.5) is 0 Å². The molecule has 1 aromatic rings. The zero-order valence-corrected chi connectivity index (χ0v) is 10.5. The molecule has 0 aromatic heterocycles. The molecule has 1 rings (SSSR count). The van der Waals surface area contributed by atoms with Crippen LogP contribution in [0.1, 0.15) is 25.7 Å². The average Bonchev–Trinajstić information content (AvgIpc) is 2.25. The fourth-order valence-electron chi connectivity index (χ4n) is 1.31. The van der Waals surface area contributed by atoms with Gasteiger partial charge in [0.05, 0.1) is 11.1 Å². The van der Waals surface area contributed by atoms with E-state index < -0.39 is 0 Å². The van der Waals surface area contributed by atoms with Crippen molar-refractivity contribution in [3.05, 3.63) is 41.4 Å². The van der Waals surface area contributed by atoms with E-state index in [-0.39, 0.29) is 0 Å². The van der Waals surface area contributed by atoms with Gasteiger partial charge in [-0.15, -0.1) is 6.58 Å². The second kappa shape index (κ2) is 7.52. The summed E-state index contributed by atoms with van der Waals surface area (Å²) in [7, 11) is 0. The third-order valence-electron chi connectivity index (χ3n) is 2.15. The summed E-state index contributed by atoms with van der Waals surface area (Å²) in [5.74, 6) is 0.932. The Balaban J connectivity index is 2.15. The molecule has 2 heteroatoms. The smallest absolute Gasteiger partial charge is 0.133 e. The number of allylic oxidation sites excluding steroid dienone is 1. The van der Waals surface area contributed by atoms with Crippen molar-refractivity contribution in [1.82, 2.24) is 0 Å². The fourth-order valence-corrected chi connectivity index (χ4v) is 1.71. The minimum absolute atomic E-state index is 0.791. The maximum atomic E-state index is 5.64. The van der Waals surface area contributed by atoms with E-state index in [0.29, 0.717) is 0 Å². The van der Waals surface area contributed by atoms with Gasteiger partial charge in [-0.2, -0.15) is 0 Å². The molecule has 0 bridgehead atoms. The number of halogens is 1. The fraction of sp³-hybridized carbons (Fsp3) is 0.385. The summed E-state index contributed by atoms with van der Waals surface area (Å²) in [6, 6.07) is 7.94. The van der Waals surface area contributed by atoms with Gasteiger partial charge >= 0.3 is 0 Å². The summed E-state index contributed by atoms with van der Waals surface area (Å²) in [4.78, 5) is 0. The van der Waals surface area contributed by atoms with Crippen molar-refractivity contribution in [3.8, 4) is 5.75 Å². The minimum atomic E-state index is 0.791. The number of ether oxygens (including phenoxy) is 1. The molecule has 0 unspecified atom stereocenters. The van der Waals surface area contributed by atoms with Gasteiger partial charge in [0.15, 0.2) is 0 Å². The largest absolute Gasteiger partial charge is 0.492 e. The third kappa shape index (κ3) is 5.03. The molecule has 0 atom stereocenters. The van der Waals surface area contributed by atoms with E-state index in [1.54, 1.807) is 0 Å². The van der Waals surface area contributed by atoms with Crippen LogP contribution in [-0.2, 0) is 0 Å². The normalized spacial score (nSPS) is 9.93. The van der Waals surface area contributed by atoms with Crippen molar-refractivity contribution in [2.45, 2.75) is 25.7 Å². The summed E-state index contributed by atoms with van der Waals surface area (Å²) in [5, 5.41) is 0. The van der Waals surface area contributed by atoms with Crippen molar-refractivity contribution >= 4 is 15.9 Å². The van der Waals surface area contributed by atoms with Gasteiger partial charge in [0.25, 0.3) is 0 Å². The summed E-state index contributed by atoms with van der Waals surface area (Å²) >= 11 is 3.45. The molecule has 0 radical (unpaired) electrons. The Morgan fingerprint density at radius 2 is 2.00 bits per heavy atom. The molecule has 82 valence electrons. The number of hydrogen-bond donors (Lipinski definition) is 0. The van der Waals surface area contributed by atoms with Crippen LogP contribution in [0.15, 0.2) is 41.4 Å². The lowest BCUT2D eigenvalue weighted by molar-refractivity contribution is 0.303. The highest BCUT2D eigenvalue weighted by Crippen LogP contribution is 2.23.